The van der Waals surface area contributed by atoms with E-state index in [0.717, 1.165) is 40.6 Å². The van der Waals surface area contributed by atoms with Crippen LogP contribution in [-0.2, 0) is 34.1 Å². The molecule has 0 atom stereocenters. The summed E-state index contributed by atoms with van der Waals surface area (Å²) in [5, 5.41) is 10.1. The number of carbonyl (C=O) groups is 1. The molecule has 6 nitrogen and oxygen atoms in total. The Balaban J connectivity index is 1.78. The van der Waals surface area contributed by atoms with E-state index >= 15 is 0 Å². The summed E-state index contributed by atoms with van der Waals surface area (Å²) in [4.78, 5) is 11.3. The van der Waals surface area contributed by atoms with Crippen LogP contribution in [0.15, 0.2) is 83.9 Å². The van der Waals surface area contributed by atoms with Gasteiger partial charge in [-0.1, -0.05) is 42.5 Å². The van der Waals surface area contributed by atoms with Gasteiger partial charge in [-0.2, -0.15) is 0 Å². The summed E-state index contributed by atoms with van der Waals surface area (Å²) in [7, 11) is -0.515. The van der Waals surface area contributed by atoms with Crippen molar-refractivity contribution in [2.24, 2.45) is 0 Å². The highest BCUT2D eigenvalue weighted by Crippen LogP contribution is 2.29. The summed E-state index contributed by atoms with van der Waals surface area (Å²) < 4.78 is 28.6. The van der Waals surface area contributed by atoms with Gasteiger partial charge in [0.25, 0.3) is 0 Å². The van der Waals surface area contributed by atoms with Crippen molar-refractivity contribution in [1.82, 2.24) is 8.87 Å². The van der Waals surface area contributed by atoms with Crippen LogP contribution in [0.2, 0.25) is 0 Å². The van der Waals surface area contributed by atoms with Gasteiger partial charge in [0.1, 0.15) is 0 Å². The second kappa shape index (κ2) is 9.83. The molecule has 0 aliphatic carbocycles. The molecule has 0 aliphatic heterocycles. The summed E-state index contributed by atoms with van der Waals surface area (Å²) in [5.41, 5.74) is 5.07. The summed E-state index contributed by atoms with van der Waals surface area (Å²) in [6.45, 7) is 0. The van der Waals surface area contributed by atoms with Gasteiger partial charge in [-0.15, -0.1) is 0 Å². The number of carboxylic acids is 1. The molecule has 176 valence electrons. The van der Waals surface area contributed by atoms with Crippen LogP contribution in [0, 0.1) is 0 Å². The monoisotopic (exact) mass is 476 g/mol. The van der Waals surface area contributed by atoms with Crippen molar-refractivity contribution in [1.29, 1.82) is 0 Å². The van der Waals surface area contributed by atoms with Crippen molar-refractivity contribution < 1.29 is 18.3 Å². The molecule has 0 radical (unpaired) electrons. The zero-order valence-electron chi connectivity index (χ0n) is 19.3. The van der Waals surface area contributed by atoms with Crippen LogP contribution in [0.25, 0.3) is 16.6 Å². The molecule has 1 heterocycles. The normalized spacial score (nSPS) is 11.9. The lowest BCUT2D eigenvalue weighted by molar-refractivity contribution is -0.136. The number of nitrogens with zero attached hydrogens (tertiary/aromatic N) is 2. The minimum Gasteiger partial charge on any atom is -0.481 e. The van der Waals surface area contributed by atoms with E-state index < -0.39 is 16.0 Å². The third kappa shape index (κ3) is 5.05. The van der Waals surface area contributed by atoms with Crippen molar-refractivity contribution in [3.8, 4) is 5.69 Å². The lowest BCUT2D eigenvalue weighted by atomic mass is 10.0. The van der Waals surface area contributed by atoms with Gasteiger partial charge in [-0.25, -0.2) is 12.7 Å². The van der Waals surface area contributed by atoms with Gasteiger partial charge < -0.3 is 9.67 Å². The van der Waals surface area contributed by atoms with Crippen LogP contribution in [-0.4, -0.2) is 42.5 Å². The van der Waals surface area contributed by atoms with E-state index in [-0.39, 0.29) is 11.3 Å². The molecule has 34 heavy (non-hydrogen) atoms. The molecule has 4 aromatic rings. The average molecular weight is 477 g/mol. The fraction of sp³-hybridized carbons (Fsp3) is 0.222. The zero-order chi connectivity index (χ0) is 24.3. The molecule has 0 amide bonds. The molecular weight excluding hydrogens is 448 g/mol. The lowest BCUT2D eigenvalue weighted by Crippen LogP contribution is -2.22. The standard InChI is InChI=1S/C27H28N2O4S/c1-28(2)34(32,33)24-10-6-9-23(18-24)29-19-22(14-11-20-7-4-3-5-8-20)25-17-21(12-15-26(25)29)13-16-27(30)31/h3-10,12,15,17-19H,11,13-14,16H2,1-2H3,(H,30,31). The molecule has 0 bridgehead atoms. The van der Waals surface area contributed by atoms with Crippen LogP contribution in [0.1, 0.15) is 23.1 Å². The van der Waals surface area contributed by atoms with Gasteiger partial charge in [-0.05, 0) is 66.3 Å². The first-order chi connectivity index (χ1) is 16.3. The van der Waals surface area contributed by atoms with Gasteiger partial charge in [0.15, 0.2) is 0 Å². The second-order valence-corrected chi connectivity index (χ2v) is 10.7. The van der Waals surface area contributed by atoms with Crippen molar-refractivity contribution >= 4 is 26.9 Å². The van der Waals surface area contributed by atoms with E-state index in [2.05, 4.69) is 24.4 Å². The molecule has 1 aromatic heterocycles. The van der Waals surface area contributed by atoms with E-state index in [4.69, 9.17) is 5.11 Å². The molecule has 0 fully saturated rings. The number of aromatic nitrogens is 1. The van der Waals surface area contributed by atoms with Crippen LogP contribution < -0.4 is 0 Å². The third-order valence-electron chi connectivity index (χ3n) is 5.98. The Bertz CT molecular complexity index is 1420. The van der Waals surface area contributed by atoms with Crippen LogP contribution in [0.3, 0.4) is 0 Å². The van der Waals surface area contributed by atoms with E-state index in [1.165, 1.54) is 24.0 Å². The Hall–Kier alpha value is -3.42. The highest BCUT2D eigenvalue weighted by molar-refractivity contribution is 7.89. The molecule has 7 heteroatoms. The molecule has 0 spiro atoms. The molecule has 0 saturated carbocycles. The number of sulfonamides is 1. The van der Waals surface area contributed by atoms with Crippen molar-refractivity contribution in [2.75, 3.05) is 14.1 Å². The fourth-order valence-corrected chi connectivity index (χ4v) is 5.04. The number of hydrogen-bond donors (Lipinski definition) is 1. The first-order valence-corrected chi connectivity index (χ1v) is 12.6. The summed E-state index contributed by atoms with van der Waals surface area (Å²) in [6, 6.07) is 23.2. The molecule has 3 aromatic carbocycles. The largest absolute Gasteiger partial charge is 0.481 e. The second-order valence-electron chi connectivity index (χ2n) is 8.54. The summed E-state index contributed by atoms with van der Waals surface area (Å²) in [6.07, 6.45) is 4.29. The van der Waals surface area contributed by atoms with Crippen LogP contribution >= 0.6 is 0 Å². The van der Waals surface area contributed by atoms with E-state index in [9.17, 15) is 13.2 Å². The van der Waals surface area contributed by atoms with Crippen molar-refractivity contribution in [3.63, 3.8) is 0 Å². The van der Waals surface area contributed by atoms with Crippen molar-refractivity contribution in [3.05, 3.63) is 95.7 Å². The van der Waals surface area contributed by atoms with E-state index in [1.807, 2.05) is 41.0 Å². The van der Waals surface area contributed by atoms with Gasteiger partial charge >= 0.3 is 5.97 Å². The number of aryl methyl sites for hydroxylation is 3. The fourth-order valence-electron chi connectivity index (χ4n) is 4.09. The number of carboxylic acid groups (broad SMARTS) is 1. The zero-order valence-corrected chi connectivity index (χ0v) is 20.1. The van der Waals surface area contributed by atoms with Gasteiger partial charge in [-0.3, -0.25) is 4.79 Å². The quantitative estimate of drug-likeness (QED) is 0.380. The maximum atomic E-state index is 12.7. The minimum atomic E-state index is -3.56. The molecule has 4 rings (SSSR count). The SMILES string of the molecule is CN(C)S(=O)(=O)c1cccc(-n2cc(CCc3ccccc3)c3cc(CCC(=O)O)ccc32)c1. The number of fused-ring (bicyclic) bond motifs is 1. The van der Waals surface area contributed by atoms with Gasteiger partial charge in [0, 0.05) is 37.8 Å². The first-order valence-electron chi connectivity index (χ1n) is 11.2. The van der Waals surface area contributed by atoms with Gasteiger partial charge in [0.05, 0.1) is 10.4 Å². The maximum absolute atomic E-state index is 12.7. The van der Waals surface area contributed by atoms with Crippen LogP contribution in [0.4, 0.5) is 0 Å². The van der Waals surface area contributed by atoms with Gasteiger partial charge in [0.2, 0.25) is 10.0 Å². The Kier molecular flexibility index (Phi) is 6.86. The van der Waals surface area contributed by atoms with Crippen LogP contribution in [0.5, 0.6) is 0 Å². The third-order valence-corrected chi connectivity index (χ3v) is 7.79. The predicted molar refractivity (Wildman–Crippen MR) is 134 cm³/mol. The maximum Gasteiger partial charge on any atom is 0.303 e. The average Bonchev–Trinajstić information content (AvgIpc) is 3.20. The summed E-state index contributed by atoms with van der Waals surface area (Å²) in [5.74, 6) is -0.819. The highest BCUT2D eigenvalue weighted by Gasteiger charge is 2.19. The van der Waals surface area contributed by atoms with Crippen molar-refractivity contribution in [2.45, 2.75) is 30.6 Å². The topological polar surface area (TPSA) is 79.6 Å². The van der Waals surface area contributed by atoms with E-state index in [1.54, 1.807) is 18.2 Å². The number of benzene rings is 3. The Morgan fingerprint density at radius 3 is 2.35 bits per heavy atom. The smallest absolute Gasteiger partial charge is 0.303 e. The Labute approximate surface area is 200 Å². The molecule has 0 unspecified atom stereocenters. The highest BCUT2D eigenvalue weighted by atomic mass is 32.2. The molecule has 0 aliphatic rings. The Morgan fingerprint density at radius 1 is 0.882 bits per heavy atom. The summed E-state index contributed by atoms with van der Waals surface area (Å²) >= 11 is 0. The molecular formula is C27H28N2O4S. The number of rotatable bonds is 9. The first kappa shape index (κ1) is 23.7. The molecule has 1 N–H and O–H groups in total. The Morgan fingerprint density at radius 2 is 1.65 bits per heavy atom. The number of hydrogen-bond acceptors (Lipinski definition) is 3. The van der Waals surface area contributed by atoms with E-state index in [0.29, 0.717) is 6.42 Å². The minimum absolute atomic E-state index is 0.0794. The number of aliphatic carboxylic acids is 1. The molecule has 0 saturated heterocycles. The predicted octanol–water partition coefficient (Wildman–Crippen LogP) is 4.68. The lowest BCUT2D eigenvalue weighted by Gasteiger charge is -2.13.